The maximum absolute atomic E-state index is 13.5. The number of benzene rings is 2. The molecule has 2 aromatic carbocycles. The summed E-state index contributed by atoms with van der Waals surface area (Å²) in [7, 11) is -3.83. The maximum Gasteiger partial charge on any atom is 0.262 e. The van der Waals surface area contributed by atoms with E-state index < -0.39 is 16.1 Å². The first-order valence-corrected chi connectivity index (χ1v) is 16.7. The summed E-state index contributed by atoms with van der Waals surface area (Å²) >= 11 is 1.42. The molecule has 3 aromatic rings. The van der Waals surface area contributed by atoms with Gasteiger partial charge in [-0.2, -0.15) is 9.57 Å². The Morgan fingerprint density at radius 3 is 2.51 bits per heavy atom. The summed E-state index contributed by atoms with van der Waals surface area (Å²) in [6.07, 6.45) is 7.66. The zero-order valence-corrected chi connectivity index (χ0v) is 24.7. The molecular weight excluding hydrogens is 556 g/mol. The van der Waals surface area contributed by atoms with Gasteiger partial charge < -0.3 is 10.6 Å². The van der Waals surface area contributed by atoms with Gasteiger partial charge in [0.05, 0.1) is 15.3 Å². The minimum atomic E-state index is -3.83. The molecule has 1 saturated carbocycles. The number of nitrogens with one attached hydrogen (secondary N) is 2. The van der Waals surface area contributed by atoms with E-state index in [9.17, 15) is 23.3 Å². The monoisotopic (exact) mass is 592 g/mol. The molecular formula is C31H36N4O4S2. The molecule has 2 fully saturated rings. The maximum atomic E-state index is 13.5. The average molecular weight is 593 g/mol. The molecule has 2 N–H and O–H groups in total. The zero-order chi connectivity index (χ0) is 28.8. The Labute approximate surface area is 245 Å². The van der Waals surface area contributed by atoms with Crippen LogP contribution < -0.4 is 10.6 Å². The van der Waals surface area contributed by atoms with Crippen molar-refractivity contribution in [3.63, 3.8) is 0 Å². The summed E-state index contributed by atoms with van der Waals surface area (Å²) in [5.41, 5.74) is 0.128. The number of nitriles is 1. The van der Waals surface area contributed by atoms with E-state index in [1.165, 1.54) is 34.2 Å². The fraction of sp³-hybridized carbons (Fsp3) is 0.452. The number of hydrogen-bond donors (Lipinski definition) is 2. The normalized spacial score (nSPS) is 19.3. The molecule has 216 valence electrons. The third kappa shape index (κ3) is 6.97. The zero-order valence-electron chi connectivity index (χ0n) is 23.1. The molecule has 0 bridgehead atoms. The second-order valence-corrected chi connectivity index (χ2v) is 14.1. The topological polar surface area (TPSA) is 119 Å². The second kappa shape index (κ2) is 13.1. The fourth-order valence-electron chi connectivity index (χ4n) is 6.01. The van der Waals surface area contributed by atoms with Gasteiger partial charge in [-0.3, -0.25) is 9.59 Å². The Kier molecular flexibility index (Phi) is 9.38. The van der Waals surface area contributed by atoms with Crippen molar-refractivity contribution < 1.29 is 18.0 Å². The molecule has 1 aromatic heterocycles. The molecule has 2 heterocycles. The molecule has 2 aliphatic rings. The van der Waals surface area contributed by atoms with Gasteiger partial charge in [-0.15, -0.1) is 11.3 Å². The number of sulfonamides is 1. The van der Waals surface area contributed by atoms with Crippen LogP contribution in [0.1, 0.15) is 66.6 Å². The molecule has 10 heteroatoms. The highest BCUT2D eigenvalue weighted by molar-refractivity contribution is 7.89. The molecule has 2 atom stereocenters. The molecule has 1 unspecified atom stereocenters. The van der Waals surface area contributed by atoms with Crippen LogP contribution in [0.4, 0.5) is 0 Å². The standard InChI is InChI=1S/C31H36N4O4S2/c32-19-25-13-5-7-15-29(25)41(38,39)35-16-8-11-23(21-35)20-33-30(36)26(17-22-9-2-1-3-10-22)34-31(37)28-18-24-12-4-6-14-27(24)40-28/h4-7,12-15,18,22-23,26H,1-3,8-11,16-17,20-21H2,(H,33,36)(H,34,37)/t23?,26-/m0/s1. The SMILES string of the molecule is N#Cc1ccccc1S(=O)(=O)N1CCCC(CNC(=O)[C@H](CC2CCCCC2)NC(=O)c2cc3ccccc3s2)C1. The number of piperidine rings is 1. The molecule has 5 rings (SSSR count). The summed E-state index contributed by atoms with van der Waals surface area (Å²) in [4.78, 5) is 27.3. The van der Waals surface area contributed by atoms with Gasteiger partial charge in [0.2, 0.25) is 15.9 Å². The van der Waals surface area contributed by atoms with E-state index >= 15 is 0 Å². The highest BCUT2D eigenvalue weighted by Crippen LogP contribution is 2.29. The Bertz CT molecular complexity index is 1510. The molecule has 0 spiro atoms. The number of amides is 2. The van der Waals surface area contributed by atoms with E-state index in [1.807, 2.05) is 36.4 Å². The predicted octanol–water partition coefficient (Wildman–Crippen LogP) is 5.06. The molecule has 1 saturated heterocycles. The van der Waals surface area contributed by atoms with Crippen molar-refractivity contribution in [2.75, 3.05) is 19.6 Å². The van der Waals surface area contributed by atoms with Crippen molar-refractivity contribution >= 4 is 43.3 Å². The van der Waals surface area contributed by atoms with E-state index in [4.69, 9.17) is 0 Å². The lowest BCUT2D eigenvalue weighted by atomic mass is 9.84. The smallest absolute Gasteiger partial charge is 0.262 e. The van der Waals surface area contributed by atoms with Crippen molar-refractivity contribution in [2.24, 2.45) is 11.8 Å². The number of nitrogens with zero attached hydrogens (tertiary/aromatic N) is 2. The highest BCUT2D eigenvalue weighted by atomic mass is 32.2. The van der Waals surface area contributed by atoms with E-state index in [0.717, 1.165) is 42.2 Å². The van der Waals surface area contributed by atoms with Crippen LogP contribution in [-0.4, -0.2) is 50.2 Å². The van der Waals surface area contributed by atoms with Crippen LogP contribution in [0.25, 0.3) is 10.1 Å². The first-order chi connectivity index (χ1) is 19.8. The molecule has 2 amide bonds. The first kappa shape index (κ1) is 29.2. The summed E-state index contributed by atoms with van der Waals surface area (Å²) in [6, 6.07) is 17.3. The molecule has 1 aliphatic carbocycles. The van der Waals surface area contributed by atoms with E-state index in [-0.39, 0.29) is 34.7 Å². The second-order valence-electron chi connectivity index (χ2n) is 11.1. The molecule has 1 aliphatic heterocycles. The van der Waals surface area contributed by atoms with Crippen molar-refractivity contribution in [1.29, 1.82) is 5.26 Å². The van der Waals surface area contributed by atoms with Crippen LogP contribution in [0, 0.1) is 23.2 Å². The Morgan fingerprint density at radius 2 is 1.73 bits per heavy atom. The number of carbonyl (C=O) groups is 2. The summed E-state index contributed by atoms with van der Waals surface area (Å²) in [6.45, 7) is 0.969. The van der Waals surface area contributed by atoms with Gasteiger partial charge in [0.1, 0.15) is 12.1 Å². The van der Waals surface area contributed by atoms with Crippen LogP contribution in [0.2, 0.25) is 0 Å². The lowest BCUT2D eigenvalue weighted by molar-refractivity contribution is -0.123. The Morgan fingerprint density at radius 1 is 1.00 bits per heavy atom. The third-order valence-corrected chi connectivity index (χ3v) is 11.3. The van der Waals surface area contributed by atoms with Crippen molar-refractivity contribution in [3.05, 3.63) is 65.0 Å². The van der Waals surface area contributed by atoms with Crippen LogP contribution in [-0.2, 0) is 14.8 Å². The summed E-state index contributed by atoms with van der Waals surface area (Å²) in [5, 5.41) is 16.5. The van der Waals surface area contributed by atoms with Gasteiger partial charge in [-0.1, -0.05) is 62.4 Å². The van der Waals surface area contributed by atoms with Crippen molar-refractivity contribution in [1.82, 2.24) is 14.9 Å². The van der Waals surface area contributed by atoms with Crippen LogP contribution in [0.3, 0.4) is 0 Å². The predicted molar refractivity (Wildman–Crippen MR) is 160 cm³/mol. The van der Waals surface area contributed by atoms with Crippen LogP contribution >= 0.6 is 11.3 Å². The molecule has 41 heavy (non-hydrogen) atoms. The van der Waals surface area contributed by atoms with Gasteiger partial charge in [0, 0.05) is 24.3 Å². The summed E-state index contributed by atoms with van der Waals surface area (Å²) < 4.78 is 29.1. The van der Waals surface area contributed by atoms with Gasteiger partial charge in [-0.25, -0.2) is 8.42 Å². The number of thiophene rings is 1. The largest absolute Gasteiger partial charge is 0.354 e. The lowest BCUT2D eigenvalue weighted by Gasteiger charge is -2.32. The number of carbonyl (C=O) groups excluding carboxylic acids is 2. The average Bonchev–Trinajstić information content (AvgIpc) is 3.45. The van der Waals surface area contributed by atoms with Gasteiger partial charge in [-0.05, 0) is 60.7 Å². The van der Waals surface area contributed by atoms with E-state index in [1.54, 1.807) is 12.1 Å². The van der Waals surface area contributed by atoms with Gasteiger partial charge in [0.25, 0.3) is 5.91 Å². The molecule has 8 nitrogen and oxygen atoms in total. The fourth-order valence-corrected chi connectivity index (χ4v) is 8.68. The molecule has 0 radical (unpaired) electrons. The minimum Gasteiger partial charge on any atom is -0.354 e. The minimum absolute atomic E-state index is 0.0173. The number of fused-ring (bicyclic) bond motifs is 1. The first-order valence-electron chi connectivity index (χ1n) is 14.4. The van der Waals surface area contributed by atoms with E-state index in [2.05, 4.69) is 10.6 Å². The van der Waals surface area contributed by atoms with Crippen LogP contribution in [0.15, 0.2) is 59.5 Å². The van der Waals surface area contributed by atoms with Crippen molar-refractivity contribution in [3.8, 4) is 6.07 Å². The number of rotatable bonds is 9. The lowest BCUT2D eigenvalue weighted by Crippen LogP contribution is -2.50. The Balaban J connectivity index is 1.24. The quantitative estimate of drug-likeness (QED) is 0.360. The van der Waals surface area contributed by atoms with E-state index in [0.29, 0.717) is 36.7 Å². The highest BCUT2D eigenvalue weighted by Gasteiger charge is 2.33. The van der Waals surface area contributed by atoms with Gasteiger partial charge >= 0.3 is 0 Å². The summed E-state index contributed by atoms with van der Waals surface area (Å²) in [5.74, 6) is -0.142. The Hall–Kier alpha value is -3.26. The van der Waals surface area contributed by atoms with Crippen LogP contribution in [0.5, 0.6) is 0 Å². The number of hydrogen-bond acceptors (Lipinski definition) is 6. The van der Waals surface area contributed by atoms with Crippen molar-refractivity contribution in [2.45, 2.75) is 62.3 Å². The van der Waals surface area contributed by atoms with Gasteiger partial charge in [0.15, 0.2) is 0 Å². The third-order valence-electron chi connectivity index (χ3n) is 8.24.